The highest BCUT2D eigenvalue weighted by atomic mass is 32.1. The molecule has 2 aliphatic heterocycles. The van der Waals surface area contributed by atoms with E-state index in [0.717, 1.165) is 19.5 Å². The minimum atomic E-state index is 0.0858. The van der Waals surface area contributed by atoms with Crippen LogP contribution < -0.4 is 5.32 Å². The molecule has 2 fully saturated rings. The van der Waals surface area contributed by atoms with E-state index in [2.05, 4.69) is 41.2 Å². The number of thiophene rings is 1. The monoisotopic (exact) mass is 279 g/mol. The molecule has 0 radical (unpaired) electrons. The summed E-state index contributed by atoms with van der Waals surface area (Å²) >= 11 is 1.79. The second-order valence-corrected chi connectivity index (χ2v) is 6.91. The molecule has 0 aromatic carbocycles. The summed E-state index contributed by atoms with van der Waals surface area (Å²) < 4.78 is 0. The summed E-state index contributed by atoms with van der Waals surface area (Å²) in [6.45, 7) is 4.73. The summed E-state index contributed by atoms with van der Waals surface area (Å²) in [7, 11) is 2.14. The van der Waals surface area contributed by atoms with Crippen LogP contribution in [0.3, 0.4) is 0 Å². The fourth-order valence-electron chi connectivity index (χ4n) is 3.14. The molecule has 2 atom stereocenters. The lowest BCUT2D eigenvalue weighted by molar-refractivity contribution is -0.131. The third-order valence-corrected chi connectivity index (χ3v) is 5.09. The Morgan fingerprint density at radius 1 is 1.42 bits per heavy atom. The van der Waals surface area contributed by atoms with Crippen molar-refractivity contribution in [2.45, 2.75) is 32.0 Å². The molecule has 1 amide bonds. The van der Waals surface area contributed by atoms with Crippen molar-refractivity contribution in [2.24, 2.45) is 0 Å². The largest absolute Gasteiger partial charge is 0.317 e. The SMILES string of the molecule is Cc1ccc(C2NCC(=O)N2C2CCCN(C)C2)s1. The number of amides is 1. The summed E-state index contributed by atoms with van der Waals surface area (Å²) in [6, 6.07) is 4.64. The van der Waals surface area contributed by atoms with E-state index in [4.69, 9.17) is 0 Å². The molecule has 0 aliphatic carbocycles. The summed E-state index contributed by atoms with van der Waals surface area (Å²) in [6.07, 6.45) is 2.39. The molecule has 0 bridgehead atoms. The van der Waals surface area contributed by atoms with Crippen molar-refractivity contribution >= 4 is 17.2 Å². The van der Waals surface area contributed by atoms with Gasteiger partial charge in [0.1, 0.15) is 6.17 Å². The Bertz CT molecular complexity index is 473. The van der Waals surface area contributed by atoms with E-state index in [-0.39, 0.29) is 12.1 Å². The van der Waals surface area contributed by atoms with E-state index in [9.17, 15) is 4.79 Å². The second kappa shape index (κ2) is 5.23. The number of piperidine rings is 1. The first-order valence-corrected chi connectivity index (χ1v) is 7.76. The fraction of sp³-hybridized carbons (Fsp3) is 0.643. The van der Waals surface area contributed by atoms with E-state index in [1.54, 1.807) is 11.3 Å². The number of carbonyl (C=O) groups excluding carboxylic acids is 1. The molecule has 1 N–H and O–H groups in total. The Labute approximate surface area is 118 Å². The summed E-state index contributed by atoms with van der Waals surface area (Å²) in [4.78, 5) is 19.2. The molecular formula is C14H21N3OS. The minimum Gasteiger partial charge on any atom is -0.317 e. The van der Waals surface area contributed by atoms with E-state index < -0.39 is 0 Å². The number of rotatable bonds is 2. The highest BCUT2D eigenvalue weighted by Gasteiger charge is 2.38. The molecule has 0 spiro atoms. The van der Waals surface area contributed by atoms with Crippen LogP contribution in [0.5, 0.6) is 0 Å². The van der Waals surface area contributed by atoms with Crippen molar-refractivity contribution in [2.75, 3.05) is 26.7 Å². The van der Waals surface area contributed by atoms with Gasteiger partial charge in [-0.15, -0.1) is 11.3 Å². The third-order valence-electron chi connectivity index (χ3n) is 4.04. The van der Waals surface area contributed by atoms with Gasteiger partial charge in [0.25, 0.3) is 0 Å². The highest BCUT2D eigenvalue weighted by molar-refractivity contribution is 7.12. The smallest absolute Gasteiger partial charge is 0.238 e. The first-order chi connectivity index (χ1) is 9.15. The normalized spacial score (nSPS) is 29.2. The highest BCUT2D eigenvalue weighted by Crippen LogP contribution is 2.32. The van der Waals surface area contributed by atoms with Crippen LogP contribution >= 0.6 is 11.3 Å². The van der Waals surface area contributed by atoms with E-state index in [1.165, 1.54) is 16.2 Å². The Morgan fingerprint density at radius 3 is 2.95 bits per heavy atom. The van der Waals surface area contributed by atoms with Crippen molar-refractivity contribution < 1.29 is 4.79 Å². The van der Waals surface area contributed by atoms with E-state index in [1.807, 2.05) is 0 Å². The van der Waals surface area contributed by atoms with Crippen LogP contribution in [-0.4, -0.2) is 48.4 Å². The van der Waals surface area contributed by atoms with Gasteiger partial charge in [-0.25, -0.2) is 0 Å². The van der Waals surface area contributed by atoms with E-state index in [0.29, 0.717) is 12.6 Å². The van der Waals surface area contributed by atoms with Gasteiger partial charge in [0, 0.05) is 22.3 Å². The van der Waals surface area contributed by atoms with Crippen molar-refractivity contribution in [1.29, 1.82) is 0 Å². The van der Waals surface area contributed by atoms with Gasteiger partial charge in [-0.05, 0) is 45.5 Å². The molecule has 2 aliphatic rings. The molecular weight excluding hydrogens is 258 g/mol. The first-order valence-electron chi connectivity index (χ1n) is 6.94. The number of likely N-dealkylation sites (N-methyl/N-ethyl adjacent to an activating group) is 1. The van der Waals surface area contributed by atoms with Crippen LogP contribution in [0.25, 0.3) is 0 Å². The Balaban J connectivity index is 1.82. The van der Waals surface area contributed by atoms with Gasteiger partial charge < -0.3 is 9.80 Å². The molecule has 19 heavy (non-hydrogen) atoms. The van der Waals surface area contributed by atoms with Crippen molar-refractivity contribution in [1.82, 2.24) is 15.1 Å². The summed E-state index contributed by atoms with van der Waals surface area (Å²) in [5.74, 6) is 0.247. The van der Waals surface area contributed by atoms with E-state index >= 15 is 0 Å². The molecule has 4 nitrogen and oxygen atoms in total. The standard InChI is InChI=1S/C14H21N3OS/c1-10-5-6-12(19-10)14-15-8-13(18)17(14)11-4-3-7-16(2)9-11/h5-6,11,14-15H,3-4,7-9H2,1-2H3. The van der Waals surface area contributed by atoms with Gasteiger partial charge in [0.05, 0.1) is 6.54 Å². The fourth-order valence-corrected chi connectivity index (χ4v) is 4.09. The average Bonchev–Trinajstić information content (AvgIpc) is 2.95. The maximum atomic E-state index is 12.2. The number of hydrogen-bond donors (Lipinski definition) is 1. The van der Waals surface area contributed by atoms with Crippen LogP contribution in [-0.2, 0) is 4.79 Å². The topological polar surface area (TPSA) is 35.6 Å². The number of nitrogens with zero attached hydrogens (tertiary/aromatic N) is 2. The maximum Gasteiger partial charge on any atom is 0.238 e. The Kier molecular flexibility index (Phi) is 3.60. The number of nitrogens with one attached hydrogen (secondary N) is 1. The first kappa shape index (κ1) is 13.1. The molecule has 3 rings (SSSR count). The quantitative estimate of drug-likeness (QED) is 0.893. The lowest BCUT2D eigenvalue weighted by atomic mass is 10.0. The molecule has 0 saturated carbocycles. The minimum absolute atomic E-state index is 0.0858. The van der Waals surface area contributed by atoms with Crippen LogP contribution in [0.1, 0.15) is 28.8 Å². The number of likely N-dealkylation sites (tertiary alicyclic amines) is 1. The Hall–Kier alpha value is -0.910. The summed E-state index contributed by atoms with van der Waals surface area (Å²) in [5.41, 5.74) is 0. The zero-order valence-corrected chi connectivity index (χ0v) is 12.4. The van der Waals surface area contributed by atoms with Crippen LogP contribution in [0.15, 0.2) is 12.1 Å². The summed E-state index contributed by atoms with van der Waals surface area (Å²) in [5, 5.41) is 3.37. The van der Waals surface area contributed by atoms with Crippen LogP contribution in [0, 0.1) is 6.92 Å². The van der Waals surface area contributed by atoms with Crippen molar-refractivity contribution in [3.63, 3.8) is 0 Å². The zero-order chi connectivity index (χ0) is 13.4. The molecule has 5 heteroatoms. The molecule has 104 valence electrons. The van der Waals surface area contributed by atoms with Gasteiger partial charge in [0.2, 0.25) is 5.91 Å². The van der Waals surface area contributed by atoms with Crippen LogP contribution in [0.2, 0.25) is 0 Å². The molecule has 3 heterocycles. The second-order valence-electron chi connectivity index (χ2n) is 5.59. The Morgan fingerprint density at radius 2 is 2.26 bits per heavy atom. The number of hydrogen-bond acceptors (Lipinski definition) is 4. The van der Waals surface area contributed by atoms with Gasteiger partial charge in [-0.1, -0.05) is 0 Å². The molecule has 2 saturated heterocycles. The predicted octanol–water partition coefficient (Wildman–Crippen LogP) is 1.58. The van der Waals surface area contributed by atoms with Crippen LogP contribution in [0.4, 0.5) is 0 Å². The van der Waals surface area contributed by atoms with Crippen molar-refractivity contribution in [3.8, 4) is 0 Å². The molecule has 1 aromatic heterocycles. The zero-order valence-electron chi connectivity index (χ0n) is 11.6. The molecule has 1 aromatic rings. The van der Waals surface area contributed by atoms with Gasteiger partial charge >= 0.3 is 0 Å². The predicted molar refractivity (Wildman–Crippen MR) is 77.2 cm³/mol. The number of carbonyl (C=O) groups is 1. The number of aryl methyl sites for hydroxylation is 1. The lowest BCUT2D eigenvalue weighted by Crippen LogP contribution is -2.48. The van der Waals surface area contributed by atoms with Crippen molar-refractivity contribution in [3.05, 3.63) is 21.9 Å². The lowest BCUT2D eigenvalue weighted by Gasteiger charge is -2.38. The van der Waals surface area contributed by atoms with Gasteiger partial charge in [0.15, 0.2) is 0 Å². The maximum absolute atomic E-state index is 12.2. The third kappa shape index (κ3) is 2.55. The van der Waals surface area contributed by atoms with Gasteiger partial charge in [-0.2, -0.15) is 0 Å². The van der Waals surface area contributed by atoms with Gasteiger partial charge in [-0.3, -0.25) is 10.1 Å². The average molecular weight is 279 g/mol. The molecule has 2 unspecified atom stereocenters.